The molecule has 3 aliphatic heterocycles. The lowest BCUT2D eigenvalue weighted by Crippen LogP contribution is -2.53. The Hall–Kier alpha value is -0.670. The lowest BCUT2D eigenvalue weighted by atomic mass is 9.93. The summed E-state index contributed by atoms with van der Waals surface area (Å²) in [5.74, 6) is 0.807. The predicted octanol–water partition coefficient (Wildman–Crippen LogP) is 2.56. The van der Waals surface area contributed by atoms with E-state index >= 15 is 0 Å². The summed E-state index contributed by atoms with van der Waals surface area (Å²) in [5.41, 5.74) is 0. The number of hydrogen-bond donors (Lipinski definition) is 0. The van der Waals surface area contributed by atoms with E-state index in [1.165, 1.54) is 30.8 Å². The number of fused-ring (bicyclic) bond motifs is 2. The largest absolute Gasteiger partial charge is 0.362 e. The molecule has 0 unspecified atom stereocenters. The van der Waals surface area contributed by atoms with Gasteiger partial charge in [-0.3, -0.25) is 0 Å². The normalized spacial score (nSPS) is 30.9. The Bertz CT molecular complexity index is 762. The molecule has 0 saturated carbocycles. The van der Waals surface area contributed by atoms with Crippen molar-refractivity contribution in [1.82, 2.24) is 19.0 Å². The van der Waals surface area contributed by atoms with E-state index < -0.39 is 10.0 Å². The first-order chi connectivity index (χ1) is 12.9. The van der Waals surface area contributed by atoms with E-state index in [2.05, 4.69) is 16.9 Å². The van der Waals surface area contributed by atoms with Crippen LogP contribution in [0.1, 0.15) is 45.4 Å². The van der Waals surface area contributed by atoms with Crippen LogP contribution < -0.4 is 0 Å². The molecule has 1 aromatic rings. The highest BCUT2D eigenvalue weighted by atomic mass is 35.5. The van der Waals surface area contributed by atoms with Crippen molar-refractivity contribution in [1.29, 1.82) is 0 Å². The summed E-state index contributed by atoms with van der Waals surface area (Å²) < 4.78 is 35.1. The Morgan fingerprint density at radius 3 is 2.37 bits per heavy atom. The minimum absolute atomic E-state index is 0.0556. The van der Waals surface area contributed by atoms with Crippen LogP contribution in [-0.4, -0.2) is 65.7 Å². The molecule has 3 aliphatic rings. The van der Waals surface area contributed by atoms with Gasteiger partial charge in [-0.05, 0) is 57.5 Å². The van der Waals surface area contributed by atoms with Gasteiger partial charge in [-0.1, -0.05) is 18.5 Å². The molecule has 3 saturated heterocycles. The zero-order valence-electron chi connectivity index (χ0n) is 16.1. The monoisotopic (exact) mass is 416 g/mol. The predicted molar refractivity (Wildman–Crippen MR) is 103 cm³/mol. The van der Waals surface area contributed by atoms with Gasteiger partial charge in [-0.15, -0.1) is 0 Å². The first-order valence-corrected chi connectivity index (χ1v) is 11.7. The number of halogens is 1. The molecule has 4 rings (SSSR count). The molecule has 0 N–H and O–H groups in total. The number of methoxy groups -OCH3 is 1. The van der Waals surface area contributed by atoms with Crippen LogP contribution in [0.4, 0.5) is 0 Å². The fourth-order valence-corrected chi connectivity index (χ4v) is 7.58. The average molecular weight is 417 g/mol. The topological polar surface area (TPSA) is 67.7 Å². The lowest BCUT2D eigenvalue weighted by Gasteiger charge is -2.44. The fourth-order valence-electron chi connectivity index (χ4n) is 5.11. The number of sulfonamides is 1. The standard InChI is InChI=1S/C18H29ClN4O3S/c1-13-5-7-21(8-6-13)16-9-14-3-4-15(10-16)23(14)27(24,25)18-17(19)11-20-22(18)12-26-2/h11,13-16H,3-10,12H2,1-2H3/t14-,15+,16-. The van der Waals surface area contributed by atoms with Gasteiger partial charge in [0.1, 0.15) is 6.73 Å². The van der Waals surface area contributed by atoms with Gasteiger partial charge in [-0.2, -0.15) is 9.40 Å². The fraction of sp³-hybridized carbons (Fsp3) is 0.833. The van der Waals surface area contributed by atoms with Crippen LogP contribution in [0, 0.1) is 5.92 Å². The van der Waals surface area contributed by atoms with Gasteiger partial charge in [0.25, 0.3) is 10.0 Å². The summed E-state index contributed by atoms with van der Waals surface area (Å²) in [6.45, 7) is 4.68. The minimum atomic E-state index is -3.70. The van der Waals surface area contributed by atoms with Crippen LogP contribution in [0.2, 0.25) is 5.02 Å². The van der Waals surface area contributed by atoms with Gasteiger partial charge in [-0.25, -0.2) is 13.1 Å². The molecule has 9 heteroatoms. The van der Waals surface area contributed by atoms with Gasteiger partial charge in [0.15, 0.2) is 5.03 Å². The van der Waals surface area contributed by atoms with E-state index in [1.807, 2.05) is 0 Å². The van der Waals surface area contributed by atoms with Gasteiger partial charge < -0.3 is 9.64 Å². The summed E-state index contributed by atoms with van der Waals surface area (Å²) in [5, 5.41) is 4.31. The van der Waals surface area contributed by atoms with E-state index in [9.17, 15) is 8.42 Å². The maximum absolute atomic E-state index is 13.5. The van der Waals surface area contributed by atoms with Gasteiger partial charge in [0.2, 0.25) is 0 Å². The minimum Gasteiger partial charge on any atom is -0.362 e. The number of rotatable bonds is 5. The van der Waals surface area contributed by atoms with Crippen molar-refractivity contribution in [3.63, 3.8) is 0 Å². The summed E-state index contributed by atoms with van der Waals surface area (Å²) in [7, 11) is -2.18. The van der Waals surface area contributed by atoms with Gasteiger partial charge >= 0.3 is 0 Å². The third-order valence-corrected chi connectivity index (χ3v) is 8.96. The lowest BCUT2D eigenvalue weighted by molar-refractivity contribution is 0.0750. The SMILES string of the molecule is COCn1ncc(Cl)c1S(=O)(=O)N1[C@@H]2CC[C@H]1C[C@H](N1CCC(C)CC1)C2. The summed E-state index contributed by atoms with van der Waals surface area (Å²) in [6.07, 6.45) is 7.58. The molecule has 3 fully saturated rings. The zero-order chi connectivity index (χ0) is 19.2. The molecule has 7 nitrogen and oxygen atoms in total. The van der Waals surface area contributed by atoms with Crippen molar-refractivity contribution in [2.45, 2.75) is 75.3 Å². The smallest absolute Gasteiger partial charge is 0.262 e. The average Bonchev–Trinajstić information content (AvgIpc) is 3.14. The molecule has 0 amide bonds. The molecule has 0 aliphatic carbocycles. The Kier molecular flexibility index (Phi) is 5.55. The molecule has 0 radical (unpaired) electrons. The molecule has 1 aromatic heterocycles. The van der Waals surface area contributed by atoms with Gasteiger partial charge in [0, 0.05) is 25.2 Å². The van der Waals surface area contributed by atoms with Crippen LogP contribution in [-0.2, 0) is 21.5 Å². The second-order valence-electron chi connectivity index (χ2n) is 8.28. The molecule has 4 heterocycles. The van der Waals surface area contributed by atoms with E-state index in [-0.39, 0.29) is 28.9 Å². The molecule has 27 heavy (non-hydrogen) atoms. The second-order valence-corrected chi connectivity index (χ2v) is 10.4. The second kappa shape index (κ2) is 7.63. The Morgan fingerprint density at radius 2 is 1.78 bits per heavy atom. The quantitative estimate of drug-likeness (QED) is 0.737. The van der Waals surface area contributed by atoms with Gasteiger partial charge in [0.05, 0.1) is 11.2 Å². The van der Waals surface area contributed by atoms with Crippen molar-refractivity contribution in [2.75, 3.05) is 20.2 Å². The van der Waals surface area contributed by atoms with Crippen LogP contribution in [0.25, 0.3) is 0 Å². The first-order valence-electron chi connectivity index (χ1n) is 9.89. The molecular weight excluding hydrogens is 388 g/mol. The summed E-state index contributed by atoms with van der Waals surface area (Å²) in [6, 6.07) is 0.612. The van der Waals surface area contributed by atoms with Crippen molar-refractivity contribution in [3.05, 3.63) is 11.2 Å². The van der Waals surface area contributed by atoms with E-state index in [0.29, 0.717) is 6.04 Å². The van der Waals surface area contributed by atoms with Crippen LogP contribution in [0.3, 0.4) is 0 Å². The molecule has 152 valence electrons. The number of ether oxygens (including phenoxy) is 1. The van der Waals surface area contributed by atoms with Crippen molar-refractivity contribution in [2.24, 2.45) is 5.92 Å². The van der Waals surface area contributed by atoms with Crippen molar-refractivity contribution in [3.8, 4) is 0 Å². The van der Waals surface area contributed by atoms with Crippen LogP contribution >= 0.6 is 11.6 Å². The van der Waals surface area contributed by atoms with E-state index in [1.54, 1.807) is 4.31 Å². The van der Waals surface area contributed by atoms with E-state index in [4.69, 9.17) is 16.3 Å². The third kappa shape index (κ3) is 3.55. The zero-order valence-corrected chi connectivity index (χ0v) is 17.6. The number of likely N-dealkylation sites (tertiary alicyclic amines) is 1. The highest BCUT2D eigenvalue weighted by molar-refractivity contribution is 7.89. The molecule has 0 aromatic carbocycles. The van der Waals surface area contributed by atoms with Crippen LogP contribution in [0.5, 0.6) is 0 Å². The Balaban J connectivity index is 1.55. The number of hydrogen-bond acceptors (Lipinski definition) is 5. The summed E-state index contributed by atoms with van der Waals surface area (Å²) in [4.78, 5) is 2.59. The summed E-state index contributed by atoms with van der Waals surface area (Å²) >= 11 is 6.21. The van der Waals surface area contributed by atoms with Crippen molar-refractivity contribution >= 4 is 21.6 Å². The Labute approximate surface area is 166 Å². The number of piperidine rings is 2. The highest BCUT2D eigenvalue weighted by Crippen LogP contribution is 2.42. The highest BCUT2D eigenvalue weighted by Gasteiger charge is 2.49. The number of aromatic nitrogens is 2. The number of nitrogens with zero attached hydrogens (tertiary/aromatic N) is 4. The molecule has 2 bridgehead atoms. The Morgan fingerprint density at radius 1 is 1.15 bits per heavy atom. The maximum Gasteiger partial charge on any atom is 0.262 e. The first kappa shape index (κ1) is 19.6. The molecule has 0 spiro atoms. The van der Waals surface area contributed by atoms with E-state index in [0.717, 1.165) is 44.7 Å². The molecular formula is C18H29ClN4O3S. The third-order valence-electron chi connectivity index (χ3n) is 6.50. The van der Waals surface area contributed by atoms with Crippen molar-refractivity contribution < 1.29 is 13.2 Å². The van der Waals surface area contributed by atoms with Crippen LogP contribution in [0.15, 0.2) is 11.2 Å². The molecule has 3 atom stereocenters. The maximum atomic E-state index is 13.5.